The largest absolute Gasteiger partial charge is 0.464 e. The molecule has 0 aliphatic heterocycles. The number of hydrogen-bond donors (Lipinski definition) is 1. The van der Waals surface area contributed by atoms with Crippen LogP contribution in [0.25, 0.3) is 0 Å². The molecule has 0 atom stereocenters. The van der Waals surface area contributed by atoms with Crippen molar-refractivity contribution in [2.45, 2.75) is 19.3 Å². The van der Waals surface area contributed by atoms with Crippen LogP contribution in [0.2, 0.25) is 0 Å². The predicted molar refractivity (Wildman–Crippen MR) is 56.9 cm³/mol. The van der Waals surface area contributed by atoms with Crippen molar-refractivity contribution in [2.24, 2.45) is 7.05 Å². The summed E-state index contributed by atoms with van der Waals surface area (Å²) in [5.74, 6) is -0.363. The lowest BCUT2D eigenvalue weighted by atomic mass is 9.90. The van der Waals surface area contributed by atoms with Gasteiger partial charge in [-0.3, -0.25) is 0 Å². The van der Waals surface area contributed by atoms with Crippen LogP contribution in [0.1, 0.15) is 30.0 Å². The van der Waals surface area contributed by atoms with Crippen molar-refractivity contribution in [3.05, 3.63) is 23.5 Å². The van der Waals surface area contributed by atoms with Crippen LogP contribution in [-0.4, -0.2) is 29.4 Å². The highest BCUT2D eigenvalue weighted by atomic mass is 16.5. The summed E-state index contributed by atoms with van der Waals surface area (Å²) in [4.78, 5) is 11.4. The van der Waals surface area contributed by atoms with E-state index in [1.165, 1.54) is 7.11 Å². The summed E-state index contributed by atoms with van der Waals surface area (Å²) in [6.45, 7) is 3.87. The molecule has 0 aromatic carbocycles. The summed E-state index contributed by atoms with van der Waals surface area (Å²) < 4.78 is 6.41. The minimum Gasteiger partial charge on any atom is -0.464 e. The molecule has 0 fully saturated rings. The Balaban J connectivity index is 3.15. The zero-order valence-corrected chi connectivity index (χ0v) is 9.57. The van der Waals surface area contributed by atoms with Crippen molar-refractivity contribution in [2.75, 3.05) is 13.7 Å². The molecule has 0 spiro atoms. The zero-order valence-electron chi connectivity index (χ0n) is 9.57. The van der Waals surface area contributed by atoms with Crippen LogP contribution in [0.4, 0.5) is 0 Å². The first kappa shape index (κ1) is 11.8. The Morgan fingerprint density at radius 1 is 1.53 bits per heavy atom. The second-order valence-corrected chi connectivity index (χ2v) is 4.20. The van der Waals surface area contributed by atoms with Gasteiger partial charge in [-0.15, -0.1) is 0 Å². The van der Waals surface area contributed by atoms with Crippen LogP contribution in [0, 0.1) is 0 Å². The molecule has 1 rings (SSSR count). The van der Waals surface area contributed by atoms with Gasteiger partial charge in [0.2, 0.25) is 0 Å². The molecule has 0 saturated heterocycles. The maximum absolute atomic E-state index is 11.4. The molecule has 1 aromatic heterocycles. The Labute approximate surface area is 89.5 Å². The number of nitrogens with zero attached hydrogens (tertiary/aromatic N) is 1. The number of aliphatic hydroxyl groups is 1. The Morgan fingerprint density at radius 2 is 2.13 bits per heavy atom. The first-order valence-electron chi connectivity index (χ1n) is 4.79. The van der Waals surface area contributed by atoms with Crippen LogP contribution >= 0.6 is 0 Å². The molecule has 0 bridgehead atoms. The molecule has 0 amide bonds. The van der Waals surface area contributed by atoms with E-state index in [2.05, 4.69) is 4.74 Å². The number of rotatable bonds is 3. The Hall–Kier alpha value is -1.29. The van der Waals surface area contributed by atoms with Crippen molar-refractivity contribution in [1.29, 1.82) is 0 Å². The molecular formula is C11H17NO3. The van der Waals surface area contributed by atoms with Gasteiger partial charge in [0.15, 0.2) is 0 Å². The minimum absolute atomic E-state index is 0.0332. The third-order valence-corrected chi connectivity index (χ3v) is 2.60. The van der Waals surface area contributed by atoms with E-state index in [4.69, 9.17) is 0 Å². The van der Waals surface area contributed by atoms with E-state index in [1.807, 2.05) is 19.9 Å². The third-order valence-electron chi connectivity index (χ3n) is 2.60. The number of carbonyl (C=O) groups excluding carboxylic acids is 1. The van der Waals surface area contributed by atoms with Crippen molar-refractivity contribution >= 4 is 5.97 Å². The Bertz CT molecular complexity index is 366. The third kappa shape index (κ3) is 2.04. The lowest BCUT2D eigenvalue weighted by Gasteiger charge is -2.23. The fraction of sp³-hybridized carbons (Fsp3) is 0.545. The van der Waals surface area contributed by atoms with Gasteiger partial charge in [-0.2, -0.15) is 0 Å². The summed E-state index contributed by atoms with van der Waals surface area (Å²) in [7, 11) is 3.14. The molecule has 1 heterocycles. The normalized spacial score (nSPS) is 11.5. The van der Waals surface area contributed by atoms with Crippen molar-refractivity contribution in [1.82, 2.24) is 4.57 Å². The Kier molecular flexibility index (Phi) is 3.19. The molecule has 4 heteroatoms. The topological polar surface area (TPSA) is 51.5 Å². The number of carbonyl (C=O) groups is 1. The molecule has 0 saturated carbocycles. The van der Waals surface area contributed by atoms with Gasteiger partial charge >= 0.3 is 5.97 Å². The van der Waals surface area contributed by atoms with Gasteiger partial charge in [0, 0.05) is 18.2 Å². The van der Waals surface area contributed by atoms with E-state index in [-0.39, 0.29) is 18.0 Å². The standard InChI is InChI=1S/C11H17NO3/c1-11(2,7-13)9-6-5-8(12(9)3)10(14)15-4/h5-6,13H,7H2,1-4H3. The number of hydrogen-bond acceptors (Lipinski definition) is 3. The molecule has 0 radical (unpaired) electrons. The molecule has 15 heavy (non-hydrogen) atoms. The molecule has 4 nitrogen and oxygen atoms in total. The van der Waals surface area contributed by atoms with E-state index in [0.29, 0.717) is 5.69 Å². The molecular weight excluding hydrogens is 194 g/mol. The summed E-state index contributed by atoms with van der Waals surface area (Å²) in [6, 6.07) is 3.54. The highest BCUT2D eigenvalue weighted by Crippen LogP contribution is 2.24. The van der Waals surface area contributed by atoms with Crippen LogP contribution in [0.5, 0.6) is 0 Å². The maximum Gasteiger partial charge on any atom is 0.354 e. The van der Waals surface area contributed by atoms with E-state index < -0.39 is 0 Å². The smallest absolute Gasteiger partial charge is 0.354 e. The number of ether oxygens (including phenoxy) is 1. The summed E-state index contributed by atoms with van der Waals surface area (Å²) in [5, 5.41) is 9.25. The van der Waals surface area contributed by atoms with E-state index in [0.717, 1.165) is 5.69 Å². The van der Waals surface area contributed by atoms with Crippen LogP contribution in [0.3, 0.4) is 0 Å². The monoisotopic (exact) mass is 211 g/mol. The van der Waals surface area contributed by atoms with Crippen molar-refractivity contribution < 1.29 is 14.6 Å². The molecule has 0 aliphatic rings. The van der Waals surface area contributed by atoms with Crippen molar-refractivity contribution in [3.8, 4) is 0 Å². The van der Waals surface area contributed by atoms with Gasteiger partial charge in [0.25, 0.3) is 0 Å². The number of esters is 1. The summed E-state index contributed by atoms with van der Waals surface area (Å²) in [6.07, 6.45) is 0. The van der Waals surface area contributed by atoms with Crippen LogP contribution in [0.15, 0.2) is 12.1 Å². The van der Waals surface area contributed by atoms with Gasteiger partial charge < -0.3 is 14.4 Å². The van der Waals surface area contributed by atoms with Gasteiger partial charge in [-0.05, 0) is 12.1 Å². The van der Waals surface area contributed by atoms with Crippen LogP contribution in [-0.2, 0) is 17.2 Å². The fourth-order valence-electron chi connectivity index (χ4n) is 1.58. The lowest BCUT2D eigenvalue weighted by Crippen LogP contribution is -2.26. The highest BCUT2D eigenvalue weighted by molar-refractivity contribution is 5.87. The maximum atomic E-state index is 11.4. The molecule has 0 aliphatic carbocycles. The number of methoxy groups -OCH3 is 1. The second kappa shape index (κ2) is 4.06. The highest BCUT2D eigenvalue weighted by Gasteiger charge is 2.25. The minimum atomic E-state index is -0.363. The number of aliphatic hydroxyl groups excluding tert-OH is 1. The quantitative estimate of drug-likeness (QED) is 0.761. The second-order valence-electron chi connectivity index (χ2n) is 4.20. The average molecular weight is 211 g/mol. The van der Waals surface area contributed by atoms with Gasteiger partial charge in [0.1, 0.15) is 5.69 Å². The van der Waals surface area contributed by atoms with Crippen LogP contribution < -0.4 is 0 Å². The SMILES string of the molecule is COC(=O)c1ccc(C(C)(C)CO)n1C. The molecule has 0 unspecified atom stereocenters. The van der Waals surface area contributed by atoms with E-state index in [9.17, 15) is 9.90 Å². The van der Waals surface area contributed by atoms with E-state index in [1.54, 1.807) is 17.7 Å². The first-order valence-corrected chi connectivity index (χ1v) is 4.79. The van der Waals surface area contributed by atoms with E-state index >= 15 is 0 Å². The fourth-order valence-corrected chi connectivity index (χ4v) is 1.58. The van der Waals surface area contributed by atoms with Crippen molar-refractivity contribution in [3.63, 3.8) is 0 Å². The summed E-state index contributed by atoms with van der Waals surface area (Å²) in [5.41, 5.74) is 1.04. The molecule has 84 valence electrons. The summed E-state index contributed by atoms with van der Waals surface area (Å²) >= 11 is 0. The Morgan fingerprint density at radius 3 is 2.60 bits per heavy atom. The number of aromatic nitrogens is 1. The van der Waals surface area contributed by atoms with Gasteiger partial charge in [-0.1, -0.05) is 13.8 Å². The molecule has 1 aromatic rings. The molecule has 1 N–H and O–H groups in total. The first-order chi connectivity index (χ1) is 6.94. The predicted octanol–water partition coefficient (Wildman–Crippen LogP) is 1.08. The lowest BCUT2D eigenvalue weighted by molar-refractivity contribution is 0.0589. The van der Waals surface area contributed by atoms with Gasteiger partial charge in [0.05, 0.1) is 13.7 Å². The zero-order chi connectivity index (χ0) is 11.6. The average Bonchev–Trinajstić information content (AvgIpc) is 2.59. The van der Waals surface area contributed by atoms with Gasteiger partial charge in [-0.25, -0.2) is 4.79 Å².